The molecule has 11 heteroatoms. The molecule has 27 heavy (non-hydrogen) atoms. The van der Waals surface area contributed by atoms with Crippen LogP contribution >= 0.6 is 22.9 Å². The summed E-state index contributed by atoms with van der Waals surface area (Å²) < 4.78 is 18.6. The molecule has 0 fully saturated rings. The maximum Gasteiger partial charge on any atom is 0.413 e. The smallest absolute Gasteiger partial charge is 0.413 e. The number of aromatic carboxylic acids is 1. The zero-order valence-corrected chi connectivity index (χ0v) is 16.0. The van der Waals surface area contributed by atoms with Gasteiger partial charge in [-0.3, -0.25) is 10.1 Å². The van der Waals surface area contributed by atoms with Gasteiger partial charge in [-0.05, 0) is 32.9 Å². The van der Waals surface area contributed by atoms with Crippen molar-refractivity contribution in [3.8, 4) is 0 Å². The highest BCUT2D eigenvalue weighted by atomic mass is 35.5. The van der Waals surface area contributed by atoms with Crippen molar-refractivity contribution in [2.45, 2.75) is 26.4 Å². The van der Waals surface area contributed by atoms with Crippen LogP contribution in [0.5, 0.6) is 0 Å². The first-order chi connectivity index (χ1) is 12.5. The average molecular weight is 416 g/mol. The molecule has 1 aromatic heterocycles. The number of hydrogen-bond acceptors (Lipinski definition) is 6. The second-order valence-corrected chi connectivity index (χ2v) is 7.67. The van der Waals surface area contributed by atoms with E-state index in [-0.39, 0.29) is 20.7 Å². The van der Waals surface area contributed by atoms with Gasteiger partial charge in [-0.15, -0.1) is 0 Å². The minimum Gasteiger partial charge on any atom is -0.478 e. The molecule has 0 bridgehead atoms. The van der Waals surface area contributed by atoms with Crippen molar-refractivity contribution in [1.82, 2.24) is 4.98 Å². The zero-order chi connectivity index (χ0) is 20.4. The Bertz CT molecular complexity index is 910. The van der Waals surface area contributed by atoms with Crippen LogP contribution in [0.3, 0.4) is 0 Å². The van der Waals surface area contributed by atoms with Crippen molar-refractivity contribution in [1.29, 1.82) is 0 Å². The molecule has 0 atom stereocenters. The van der Waals surface area contributed by atoms with Crippen molar-refractivity contribution in [2.24, 2.45) is 0 Å². The van der Waals surface area contributed by atoms with Gasteiger partial charge in [-0.25, -0.2) is 19.0 Å². The molecule has 0 aliphatic carbocycles. The zero-order valence-electron chi connectivity index (χ0n) is 14.4. The summed E-state index contributed by atoms with van der Waals surface area (Å²) in [6, 6.07) is 1.71. The van der Waals surface area contributed by atoms with Crippen LogP contribution in [-0.2, 0) is 4.74 Å². The van der Waals surface area contributed by atoms with Crippen LogP contribution < -0.4 is 10.6 Å². The summed E-state index contributed by atoms with van der Waals surface area (Å²) in [6.07, 6.45) is 0.485. The monoisotopic (exact) mass is 415 g/mol. The molecule has 0 radical (unpaired) electrons. The lowest BCUT2D eigenvalue weighted by Gasteiger charge is -2.18. The number of aromatic nitrogens is 1. The third kappa shape index (κ3) is 5.63. The van der Waals surface area contributed by atoms with E-state index in [0.29, 0.717) is 0 Å². The number of rotatable bonds is 4. The summed E-state index contributed by atoms with van der Waals surface area (Å²) in [5.41, 5.74) is -1.40. The number of nitrogens with one attached hydrogen (secondary N) is 2. The quantitative estimate of drug-likeness (QED) is 0.687. The van der Waals surface area contributed by atoms with Gasteiger partial charge in [0.1, 0.15) is 16.3 Å². The largest absolute Gasteiger partial charge is 0.478 e. The number of carbonyl (C=O) groups excluding carboxylic acids is 2. The number of thiazole rings is 1. The first-order valence-electron chi connectivity index (χ1n) is 7.46. The van der Waals surface area contributed by atoms with E-state index >= 15 is 0 Å². The minimum absolute atomic E-state index is 0.0736. The first kappa shape index (κ1) is 20.6. The molecule has 0 unspecified atom stereocenters. The SMILES string of the molecule is CC(C)(C)OC(=O)Nc1ncc(C(=O)Nc2cc(C(=O)O)c(F)cc2Cl)s1. The van der Waals surface area contributed by atoms with Crippen LogP contribution in [0.2, 0.25) is 5.02 Å². The van der Waals surface area contributed by atoms with Gasteiger partial charge in [0.15, 0.2) is 5.13 Å². The second-order valence-electron chi connectivity index (χ2n) is 6.23. The van der Waals surface area contributed by atoms with E-state index < -0.39 is 35.0 Å². The highest BCUT2D eigenvalue weighted by molar-refractivity contribution is 7.17. The summed E-state index contributed by atoms with van der Waals surface area (Å²) in [4.78, 5) is 39.0. The Kier molecular flexibility index (Phi) is 6.01. The van der Waals surface area contributed by atoms with Crippen molar-refractivity contribution in [2.75, 3.05) is 10.6 Å². The topological polar surface area (TPSA) is 118 Å². The lowest BCUT2D eigenvalue weighted by Crippen LogP contribution is -2.27. The summed E-state index contributed by atoms with van der Waals surface area (Å²) >= 11 is 6.71. The van der Waals surface area contributed by atoms with Gasteiger partial charge < -0.3 is 15.2 Å². The Balaban J connectivity index is 2.12. The fourth-order valence-corrected chi connectivity index (χ4v) is 2.72. The second kappa shape index (κ2) is 7.89. The Labute approximate surface area is 162 Å². The number of carboxylic acids is 1. The molecule has 0 saturated carbocycles. The van der Waals surface area contributed by atoms with Gasteiger partial charge in [0.05, 0.1) is 22.5 Å². The fraction of sp³-hybridized carbons (Fsp3) is 0.250. The number of hydrogen-bond donors (Lipinski definition) is 3. The summed E-state index contributed by atoms with van der Waals surface area (Å²) in [5, 5.41) is 13.7. The van der Waals surface area contributed by atoms with Crippen LogP contribution in [0.4, 0.5) is 20.0 Å². The van der Waals surface area contributed by atoms with Gasteiger partial charge in [0.25, 0.3) is 5.91 Å². The van der Waals surface area contributed by atoms with Crippen LogP contribution in [0.25, 0.3) is 0 Å². The predicted octanol–water partition coefficient (Wildman–Crippen LogP) is 4.23. The maximum absolute atomic E-state index is 13.5. The number of benzene rings is 1. The normalized spacial score (nSPS) is 11.0. The van der Waals surface area contributed by atoms with Gasteiger partial charge >= 0.3 is 12.1 Å². The highest BCUT2D eigenvalue weighted by Gasteiger charge is 2.20. The van der Waals surface area contributed by atoms with Crippen LogP contribution in [0.15, 0.2) is 18.3 Å². The standard InChI is InChI=1S/C16H15ClFN3O5S/c1-16(2,3)26-15(25)21-14-19-6-11(27-14)12(22)20-10-4-7(13(23)24)9(18)5-8(10)17/h4-6H,1-3H3,(H,20,22)(H,23,24)(H,19,21,25). The van der Waals surface area contributed by atoms with Crippen LogP contribution in [0, 0.1) is 5.82 Å². The van der Waals surface area contributed by atoms with Gasteiger partial charge in [-0.2, -0.15) is 0 Å². The fourth-order valence-electron chi connectivity index (χ4n) is 1.82. The molecule has 3 N–H and O–H groups in total. The van der Waals surface area contributed by atoms with E-state index in [1.807, 2.05) is 0 Å². The molecule has 2 rings (SSSR count). The van der Waals surface area contributed by atoms with E-state index in [1.165, 1.54) is 6.20 Å². The first-order valence-corrected chi connectivity index (χ1v) is 8.65. The number of amides is 2. The van der Waals surface area contributed by atoms with Gasteiger partial charge in [-0.1, -0.05) is 22.9 Å². The van der Waals surface area contributed by atoms with Crippen LogP contribution in [-0.4, -0.2) is 33.7 Å². The molecular formula is C16H15ClFN3O5S. The van der Waals surface area contributed by atoms with Gasteiger partial charge in [0, 0.05) is 0 Å². The molecule has 2 aromatic rings. The highest BCUT2D eigenvalue weighted by Crippen LogP contribution is 2.27. The number of carboxylic acid groups (broad SMARTS) is 1. The number of anilines is 2. The maximum atomic E-state index is 13.5. The molecule has 8 nitrogen and oxygen atoms in total. The average Bonchev–Trinajstić information content (AvgIpc) is 2.95. The van der Waals surface area contributed by atoms with E-state index in [4.69, 9.17) is 21.4 Å². The minimum atomic E-state index is -1.50. The molecule has 0 spiro atoms. The lowest BCUT2D eigenvalue weighted by molar-refractivity contribution is 0.0633. The molecule has 0 aliphatic rings. The van der Waals surface area contributed by atoms with E-state index in [0.717, 1.165) is 23.5 Å². The number of halogens is 2. The molecule has 0 saturated heterocycles. The van der Waals surface area contributed by atoms with Crippen molar-refractivity contribution in [3.05, 3.63) is 39.6 Å². The van der Waals surface area contributed by atoms with Crippen molar-refractivity contribution in [3.63, 3.8) is 0 Å². The molecule has 1 aromatic carbocycles. The van der Waals surface area contributed by atoms with E-state index in [1.54, 1.807) is 20.8 Å². The lowest BCUT2D eigenvalue weighted by atomic mass is 10.2. The summed E-state index contributed by atoms with van der Waals surface area (Å²) in [6.45, 7) is 5.10. The van der Waals surface area contributed by atoms with Gasteiger partial charge in [0.2, 0.25) is 0 Å². The molecule has 0 aliphatic heterocycles. The van der Waals surface area contributed by atoms with Crippen molar-refractivity contribution < 1.29 is 28.6 Å². The van der Waals surface area contributed by atoms with E-state index in [9.17, 15) is 18.8 Å². The molecule has 2 amide bonds. The Hall–Kier alpha value is -2.72. The number of ether oxygens (including phenoxy) is 1. The molecule has 144 valence electrons. The Morgan fingerprint density at radius 2 is 1.93 bits per heavy atom. The Morgan fingerprint density at radius 3 is 2.52 bits per heavy atom. The molecule has 1 heterocycles. The third-order valence-electron chi connectivity index (χ3n) is 2.87. The third-order valence-corrected chi connectivity index (χ3v) is 4.10. The predicted molar refractivity (Wildman–Crippen MR) is 98.3 cm³/mol. The van der Waals surface area contributed by atoms with E-state index in [2.05, 4.69) is 15.6 Å². The summed E-state index contributed by atoms with van der Waals surface area (Å²) in [5.74, 6) is -3.18. The van der Waals surface area contributed by atoms with Crippen LogP contribution in [0.1, 0.15) is 40.8 Å². The van der Waals surface area contributed by atoms with Crippen molar-refractivity contribution >= 4 is 51.7 Å². The number of carbonyl (C=O) groups is 3. The molecular weight excluding hydrogens is 401 g/mol. The Morgan fingerprint density at radius 1 is 1.26 bits per heavy atom. The summed E-state index contributed by atoms with van der Waals surface area (Å²) in [7, 11) is 0. The number of nitrogens with zero attached hydrogens (tertiary/aromatic N) is 1.